The maximum Gasteiger partial charge on any atom is 0.225 e. The Morgan fingerprint density at radius 1 is 1.62 bits per heavy atom. The van der Waals surface area contributed by atoms with E-state index in [1.54, 1.807) is 6.07 Å². The topological polar surface area (TPSA) is 93.3 Å². The van der Waals surface area contributed by atoms with Gasteiger partial charge in [-0.2, -0.15) is 9.97 Å². The van der Waals surface area contributed by atoms with Gasteiger partial charge in [-0.3, -0.25) is 0 Å². The predicted molar refractivity (Wildman–Crippen MR) is 48.6 cm³/mol. The van der Waals surface area contributed by atoms with Crippen molar-refractivity contribution in [2.75, 3.05) is 31.3 Å². The zero-order valence-electron chi connectivity index (χ0n) is 7.32. The average molecular weight is 184 g/mol. The standard InChI is InChI=1S/C7H12N4O2/c1-13-6-4-5(9-2-3-12)10-7(8)11-6/h4,12H,2-3H2,1H3,(H3,8,9,10,11). The normalized spacial score (nSPS) is 9.69. The van der Waals surface area contributed by atoms with E-state index >= 15 is 0 Å². The summed E-state index contributed by atoms with van der Waals surface area (Å²) < 4.78 is 4.88. The minimum atomic E-state index is 0.0340. The molecule has 0 amide bonds. The molecule has 0 unspecified atom stereocenters. The van der Waals surface area contributed by atoms with Crippen LogP contribution in [0.15, 0.2) is 6.07 Å². The molecule has 13 heavy (non-hydrogen) atoms. The van der Waals surface area contributed by atoms with Crippen molar-refractivity contribution in [2.24, 2.45) is 0 Å². The second-order valence-electron chi connectivity index (χ2n) is 2.30. The van der Waals surface area contributed by atoms with Gasteiger partial charge in [0.05, 0.1) is 13.7 Å². The van der Waals surface area contributed by atoms with Crippen LogP contribution in [0.25, 0.3) is 0 Å². The number of aliphatic hydroxyl groups is 1. The first kappa shape index (κ1) is 9.53. The summed E-state index contributed by atoms with van der Waals surface area (Å²) in [5, 5.41) is 11.4. The number of aliphatic hydroxyl groups excluding tert-OH is 1. The number of anilines is 2. The fourth-order valence-electron chi connectivity index (χ4n) is 0.822. The van der Waals surface area contributed by atoms with Crippen molar-refractivity contribution >= 4 is 11.8 Å². The summed E-state index contributed by atoms with van der Waals surface area (Å²) in [5.41, 5.74) is 5.40. The first-order valence-electron chi connectivity index (χ1n) is 3.79. The Bertz CT molecular complexity index is 279. The van der Waals surface area contributed by atoms with E-state index in [2.05, 4.69) is 15.3 Å². The molecule has 0 bridgehead atoms. The smallest absolute Gasteiger partial charge is 0.225 e. The number of nitrogens with one attached hydrogen (secondary N) is 1. The van der Waals surface area contributed by atoms with Gasteiger partial charge >= 0.3 is 0 Å². The summed E-state index contributed by atoms with van der Waals surface area (Å²) in [7, 11) is 1.50. The van der Waals surface area contributed by atoms with Crippen LogP contribution in [0.5, 0.6) is 5.88 Å². The first-order chi connectivity index (χ1) is 6.26. The van der Waals surface area contributed by atoms with E-state index in [9.17, 15) is 0 Å². The van der Waals surface area contributed by atoms with Crippen LogP contribution in [-0.4, -0.2) is 35.3 Å². The van der Waals surface area contributed by atoms with Gasteiger partial charge in [0.1, 0.15) is 5.82 Å². The van der Waals surface area contributed by atoms with E-state index < -0.39 is 0 Å². The molecular weight excluding hydrogens is 172 g/mol. The summed E-state index contributed by atoms with van der Waals surface area (Å²) in [5.74, 6) is 1.08. The number of ether oxygens (including phenoxy) is 1. The summed E-state index contributed by atoms with van der Waals surface area (Å²) in [4.78, 5) is 7.69. The lowest BCUT2D eigenvalue weighted by atomic mass is 10.5. The van der Waals surface area contributed by atoms with Crippen molar-refractivity contribution in [2.45, 2.75) is 0 Å². The number of methoxy groups -OCH3 is 1. The quantitative estimate of drug-likeness (QED) is 0.582. The van der Waals surface area contributed by atoms with Crippen molar-refractivity contribution in [3.8, 4) is 5.88 Å². The number of nitrogens with two attached hydrogens (primary N) is 1. The van der Waals surface area contributed by atoms with E-state index in [4.69, 9.17) is 15.6 Å². The van der Waals surface area contributed by atoms with Crippen molar-refractivity contribution in [3.05, 3.63) is 6.07 Å². The number of nitrogen functional groups attached to an aromatic ring is 1. The molecule has 0 aliphatic heterocycles. The molecule has 6 nitrogen and oxygen atoms in total. The molecule has 0 aromatic carbocycles. The Labute approximate surface area is 75.8 Å². The highest BCUT2D eigenvalue weighted by atomic mass is 16.5. The van der Waals surface area contributed by atoms with Gasteiger partial charge in [0, 0.05) is 12.6 Å². The molecule has 1 rings (SSSR count). The lowest BCUT2D eigenvalue weighted by molar-refractivity contribution is 0.311. The van der Waals surface area contributed by atoms with E-state index in [-0.39, 0.29) is 12.6 Å². The molecule has 0 spiro atoms. The SMILES string of the molecule is COc1cc(NCCO)nc(N)n1. The molecule has 72 valence electrons. The summed E-state index contributed by atoms with van der Waals surface area (Å²) >= 11 is 0. The third kappa shape index (κ3) is 2.75. The van der Waals surface area contributed by atoms with Gasteiger partial charge in [-0.05, 0) is 0 Å². The van der Waals surface area contributed by atoms with Gasteiger partial charge in [-0.15, -0.1) is 0 Å². The maximum atomic E-state index is 8.55. The first-order valence-corrected chi connectivity index (χ1v) is 3.79. The minimum absolute atomic E-state index is 0.0340. The van der Waals surface area contributed by atoms with E-state index in [1.807, 2.05) is 0 Å². The number of rotatable bonds is 4. The molecule has 0 fully saturated rings. The fraction of sp³-hybridized carbons (Fsp3) is 0.429. The third-order valence-corrected chi connectivity index (χ3v) is 1.35. The van der Waals surface area contributed by atoms with Crippen molar-refractivity contribution < 1.29 is 9.84 Å². The van der Waals surface area contributed by atoms with E-state index in [0.717, 1.165) is 0 Å². The van der Waals surface area contributed by atoms with E-state index in [1.165, 1.54) is 7.11 Å². The van der Waals surface area contributed by atoms with Crippen LogP contribution in [0.1, 0.15) is 0 Å². The van der Waals surface area contributed by atoms with E-state index in [0.29, 0.717) is 18.2 Å². The number of hydrogen-bond acceptors (Lipinski definition) is 6. The lowest BCUT2D eigenvalue weighted by Crippen LogP contribution is -2.09. The number of nitrogens with zero attached hydrogens (tertiary/aromatic N) is 2. The van der Waals surface area contributed by atoms with Crippen LogP contribution in [0.4, 0.5) is 11.8 Å². The van der Waals surface area contributed by atoms with Crippen LogP contribution in [0.3, 0.4) is 0 Å². The largest absolute Gasteiger partial charge is 0.481 e. The van der Waals surface area contributed by atoms with Gasteiger partial charge in [0.2, 0.25) is 11.8 Å². The van der Waals surface area contributed by atoms with Crippen LogP contribution in [0, 0.1) is 0 Å². The second kappa shape index (κ2) is 4.46. The Balaban J connectivity index is 2.76. The molecule has 0 aliphatic carbocycles. The van der Waals surface area contributed by atoms with Gasteiger partial charge in [0.25, 0.3) is 0 Å². The Hall–Kier alpha value is -1.56. The monoisotopic (exact) mass is 184 g/mol. The average Bonchev–Trinajstić information content (AvgIpc) is 2.14. The maximum absolute atomic E-state index is 8.55. The zero-order valence-corrected chi connectivity index (χ0v) is 7.32. The molecule has 6 heteroatoms. The second-order valence-corrected chi connectivity index (χ2v) is 2.30. The molecule has 0 radical (unpaired) electrons. The zero-order chi connectivity index (χ0) is 9.68. The molecule has 1 aromatic heterocycles. The third-order valence-electron chi connectivity index (χ3n) is 1.35. The summed E-state index contributed by atoms with van der Waals surface area (Å²) in [6.07, 6.45) is 0. The van der Waals surface area contributed by atoms with Crippen molar-refractivity contribution in [1.82, 2.24) is 9.97 Å². The van der Waals surface area contributed by atoms with Gasteiger partial charge in [-0.25, -0.2) is 0 Å². The number of hydrogen-bond donors (Lipinski definition) is 3. The summed E-state index contributed by atoms with van der Waals surface area (Å²) in [6.45, 7) is 0.450. The summed E-state index contributed by atoms with van der Waals surface area (Å²) in [6, 6.07) is 1.60. The highest BCUT2D eigenvalue weighted by Gasteiger charge is 2.00. The molecular formula is C7H12N4O2. The van der Waals surface area contributed by atoms with Crippen molar-refractivity contribution in [3.63, 3.8) is 0 Å². The molecule has 0 aliphatic rings. The van der Waals surface area contributed by atoms with Crippen LogP contribution in [-0.2, 0) is 0 Å². The molecule has 1 aromatic rings. The number of aromatic nitrogens is 2. The van der Waals surface area contributed by atoms with Crippen LogP contribution >= 0.6 is 0 Å². The molecule has 0 saturated heterocycles. The molecule has 1 heterocycles. The van der Waals surface area contributed by atoms with Gasteiger partial charge in [-0.1, -0.05) is 0 Å². The minimum Gasteiger partial charge on any atom is -0.481 e. The van der Waals surface area contributed by atoms with Crippen LogP contribution < -0.4 is 15.8 Å². The Morgan fingerprint density at radius 3 is 3.00 bits per heavy atom. The Kier molecular flexibility index (Phi) is 3.27. The van der Waals surface area contributed by atoms with Gasteiger partial charge < -0.3 is 20.9 Å². The predicted octanol–water partition coefficient (Wildman–Crippen LogP) is -0.528. The highest BCUT2D eigenvalue weighted by Crippen LogP contribution is 2.13. The Morgan fingerprint density at radius 2 is 2.38 bits per heavy atom. The van der Waals surface area contributed by atoms with Crippen molar-refractivity contribution in [1.29, 1.82) is 0 Å². The molecule has 4 N–H and O–H groups in total. The fourth-order valence-corrected chi connectivity index (χ4v) is 0.822. The lowest BCUT2D eigenvalue weighted by Gasteiger charge is -2.05. The molecule has 0 saturated carbocycles. The van der Waals surface area contributed by atoms with Crippen LogP contribution in [0.2, 0.25) is 0 Å². The highest BCUT2D eigenvalue weighted by molar-refractivity contribution is 5.42. The van der Waals surface area contributed by atoms with Gasteiger partial charge in [0.15, 0.2) is 0 Å². The molecule has 0 atom stereocenters.